The fourth-order valence-electron chi connectivity index (χ4n) is 1.06. The van der Waals surface area contributed by atoms with Crippen molar-refractivity contribution in [3.63, 3.8) is 0 Å². The van der Waals surface area contributed by atoms with Crippen LogP contribution in [0.4, 0.5) is 0 Å². The van der Waals surface area contributed by atoms with Crippen molar-refractivity contribution >= 4 is 141 Å². The molecule has 0 aromatic heterocycles. The molecule has 0 aromatic rings. The quantitative estimate of drug-likeness (QED) is 0.140. The molecule has 158 valence electrons. The summed E-state index contributed by atoms with van der Waals surface area (Å²) in [5.74, 6) is 0. The number of phosphoric ester groups is 1. The average molecular weight is 775 g/mol. The van der Waals surface area contributed by atoms with E-state index in [1.54, 1.807) is 6.92 Å². The Morgan fingerprint density at radius 2 is 1.50 bits per heavy atom. The van der Waals surface area contributed by atoms with Gasteiger partial charge >= 0.3 is 7.82 Å². The van der Waals surface area contributed by atoms with Crippen LogP contribution in [0.15, 0.2) is 0 Å². The molecule has 0 aliphatic carbocycles. The lowest BCUT2D eigenvalue weighted by atomic mass is 9.98. The molecular formula is C11H15Br4Cl6O4P. The summed E-state index contributed by atoms with van der Waals surface area (Å²) in [7, 11) is -4.25. The molecule has 26 heavy (non-hydrogen) atoms. The van der Waals surface area contributed by atoms with Crippen LogP contribution in [0.1, 0.15) is 6.92 Å². The van der Waals surface area contributed by atoms with E-state index in [-0.39, 0.29) is 6.61 Å². The molecule has 0 spiro atoms. The van der Waals surface area contributed by atoms with Gasteiger partial charge in [-0.1, -0.05) is 93.8 Å². The highest BCUT2D eigenvalue weighted by molar-refractivity contribution is 9.10. The van der Waals surface area contributed by atoms with Crippen molar-refractivity contribution < 1.29 is 18.1 Å². The van der Waals surface area contributed by atoms with Gasteiger partial charge in [-0.15, -0.1) is 46.4 Å². The van der Waals surface area contributed by atoms with Crippen LogP contribution in [0.3, 0.4) is 0 Å². The zero-order chi connectivity index (χ0) is 20.7. The highest BCUT2D eigenvalue weighted by Crippen LogP contribution is 2.56. The van der Waals surface area contributed by atoms with Gasteiger partial charge in [-0.2, -0.15) is 0 Å². The molecule has 6 atom stereocenters. The highest BCUT2D eigenvalue weighted by atomic mass is 79.9. The Labute approximate surface area is 217 Å². The largest absolute Gasteiger partial charge is 0.477 e. The van der Waals surface area contributed by atoms with Gasteiger partial charge in [0.2, 0.25) is 0 Å². The maximum absolute atomic E-state index is 13.0. The van der Waals surface area contributed by atoms with Crippen molar-refractivity contribution in [2.24, 2.45) is 5.41 Å². The number of halogens is 10. The molecular weight excluding hydrogens is 759 g/mol. The van der Waals surface area contributed by atoms with Gasteiger partial charge in [-0.25, -0.2) is 4.57 Å². The van der Waals surface area contributed by atoms with Crippen LogP contribution in [-0.2, 0) is 18.1 Å². The van der Waals surface area contributed by atoms with Gasteiger partial charge in [-0.05, 0) is 0 Å². The summed E-state index contributed by atoms with van der Waals surface area (Å²) < 4.78 is 28.3. The molecule has 6 unspecified atom stereocenters. The Bertz CT molecular complexity index is 462. The third kappa shape index (κ3) is 10.4. The highest BCUT2D eigenvalue weighted by Gasteiger charge is 2.42. The fraction of sp³-hybridized carbons (Fsp3) is 1.00. The van der Waals surface area contributed by atoms with E-state index < -0.39 is 43.7 Å². The fourth-order valence-corrected chi connectivity index (χ4v) is 7.15. The number of hydrogen-bond donors (Lipinski definition) is 0. The maximum Gasteiger partial charge on any atom is 0.477 e. The molecule has 0 aromatic carbocycles. The second kappa shape index (κ2) is 14.0. The first-order chi connectivity index (χ1) is 11.8. The second-order valence-electron chi connectivity index (χ2n) is 5.17. The summed E-state index contributed by atoms with van der Waals surface area (Å²) in [5.41, 5.74) is -3.05. The lowest BCUT2D eigenvalue weighted by molar-refractivity contribution is 0.0662. The number of alkyl halides is 10. The lowest BCUT2D eigenvalue weighted by Gasteiger charge is -2.33. The summed E-state index contributed by atoms with van der Waals surface area (Å²) >= 11 is 48.4. The van der Waals surface area contributed by atoms with E-state index in [2.05, 4.69) is 63.7 Å². The lowest BCUT2D eigenvalue weighted by Crippen LogP contribution is -2.34. The van der Waals surface area contributed by atoms with Crippen molar-refractivity contribution in [3.05, 3.63) is 0 Å². The topological polar surface area (TPSA) is 44.8 Å². The standard InChI is InChI=1S/C11H15Br4Cl6O4P/c1-11(3-12,4-13)10(21)25-26(22,24-9(20)8(18)19)23-2-5(14)6(16)7(15)17/h5-10H,2-4H2,1H3. The van der Waals surface area contributed by atoms with Crippen molar-refractivity contribution in [1.82, 2.24) is 0 Å². The normalized spacial score (nSPS) is 21.1. The maximum atomic E-state index is 13.0. The average Bonchev–Trinajstić information content (AvgIpc) is 2.57. The van der Waals surface area contributed by atoms with E-state index in [1.807, 2.05) is 0 Å². The summed E-state index contributed by atoms with van der Waals surface area (Å²) in [5, 5.41) is 0.298. The second-order valence-corrected chi connectivity index (χ2v) is 13.5. The van der Waals surface area contributed by atoms with Gasteiger partial charge in [0.25, 0.3) is 0 Å². The van der Waals surface area contributed by atoms with Crippen LogP contribution < -0.4 is 0 Å². The third-order valence-electron chi connectivity index (χ3n) is 2.79. The van der Waals surface area contributed by atoms with Crippen molar-refractivity contribution in [3.8, 4) is 0 Å². The molecule has 0 saturated carbocycles. The van der Waals surface area contributed by atoms with E-state index in [0.29, 0.717) is 10.7 Å². The molecule has 0 rings (SSSR count). The van der Waals surface area contributed by atoms with Crippen LogP contribution in [0, 0.1) is 5.41 Å². The molecule has 0 heterocycles. The first kappa shape index (κ1) is 29.8. The number of phosphoric acid groups is 1. The van der Waals surface area contributed by atoms with Gasteiger partial charge in [0.15, 0.2) is 5.56 Å². The summed E-state index contributed by atoms with van der Waals surface area (Å²) in [6, 6.07) is 0. The zero-order valence-corrected chi connectivity index (χ0v) is 24.7. The van der Waals surface area contributed by atoms with Gasteiger partial charge in [0, 0.05) is 16.1 Å². The minimum atomic E-state index is -4.25. The van der Waals surface area contributed by atoms with Crippen LogP contribution in [0.2, 0.25) is 0 Å². The van der Waals surface area contributed by atoms with Crippen LogP contribution >= 0.6 is 141 Å². The third-order valence-corrected chi connectivity index (χ3v) is 11.7. The van der Waals surface area contributed by atoms with E-state index in [4.69, 9.17) is 83.2 Å². The van der Waals surface area contributed by atoms with Crippen LogP contribution in [-0.4, -0.2) is 47.7 Å². The SMILES string of the molecule is CC(CBr)(CBr)C(Cl)OP(=O)(OCC(Br)C(Cl)C(Cl)Br)OC(Cl)C(Cl)Cl. The predicted octanol–water partition coefficient (Wildman–Crippen LogP) is 8.20. The van der Waals surface area contributed by atoms with E-state index >= 15 is 0 Å². The van der Waals surface area contributed by atoms with Crippen molar-refractivity contribution in [2.75, 3.05) is 17.3 Å². The molecule has 0 aliphatic rings. The first-order valence-electron chi connectivity index (χ1n) is 6.67. The molecule has 4 nitrogen and oxygen atoms in total. The molecule has 0 fully saturated rings. The van der Waals surface area contributed by atoms with Gasteiger partial charge < -0.3 is 0 Å². The van der Waals surface area contributed by atoms with Gasteiger partial charge in [0.1, 0.15) is 14.7 Å². The Morgan fingerprint density at radius 1 is 1.00 bits per heavy atom. The van der Waals surface area contributed by atoms with Crippen LogP contribution in [0.25, 0.3) is 0 Å². The molecule has 0 amide bonds. The summed E-state index contributed by atoms with van der Waals surface area (Å²) in [6.45, 7) is 1.62. The van der Waals surface area contributed by atoms with Crippen molar-refractivity contribution in [1.29, 1.82) is 0 Å². The van der Waals surface area contributed by atoms with E-state index in [0.717, 1.165) is 0 Å². The summed E-state index contributed by atoms with van der Waals surface area (Å²) in [4.78, 5) is -1.67. The zero-order valence-electron chi connectivity index (χ0n) is 12.9. The molecule has 0 bridgehead atoms. The minimum absolute atomic E-state index is 0.179. The summed E-state index contributed by atoms with van der Waals surface area (Å²) in [6.07, 6.45) is 0. The predicted molar refractivity (Wildman–Crippen MR) is 127 cm³/mol. The Hall–Kier alpha value is 3.77. The van der Waals surface area contributed by atoms with Crippen LogP contribution in [0.5, 0.6) is 0 Å². The minimum Gasteiger partial charge on any atom is -0.286 e. The van der Waals surface area contributed by atoms with Gasteiger partial charge in [-0.3, -0.25) is 13.6 Å². The Balaban J connectivity index is 5.28. The van der Waals surface area contributed by atoms with E-state index in [9.17, 15) is 4.57 Å². The van der Waals surface area contributed by atoms with E-state index in [1.165, 1.54) is 0 Å². The molecule has 0 N–H and O–H groups in total. The molecule has 0 saturated heterocycles. The smallest absolute Gasteiger partial charge is 0.286 e. The molecule has 0 aliphatic heterocycles. The number of rotatable bonds is 13. The number of hydrogen-bond acceptors (Lipinski definition) is 4. The monoisotopic (exact) mass is 768 g/mol. The molecule has 0 radical (unpaired) electrons. The Morgan fingerprint density at radius 3 is 1.88 bits per heavy atom. The Kier molecular flexibility index (Phi) is 16.1. The van der Waals surface area contributed by atoms with Crippen molar-refractivity contribution in [2.45, 2.75) is 37.4 Å². The van der Waals surface area contributed by atoms with Gasteiger partial charge in [0.05, 0.1) is 16.8 Å². The molecule has 15 heteroatoms. The first-order valence-corrected chi connectivity index (χ1v) is 14.8.